The molecule has 0 aliphatic rings. The second kappa shape index (κ2) is 8.40. The van der Waals surface area contributed by atoms with E-state index in [0.29, 0.717) is 0 Å². The highest BCUT2D eigenvalue weighted by Gasteiger charge is 2.07. The molecule has 3 aromatic carbocycles. The highest BCUT2D eigenvalue weighted by molar-refractivity contribution is 6.00. The molecule has 0 bridgehead atoms. The van der Waals surface area contributed by atoms with Crippen molar-refractivity contribution in [2.24, 2.45) is 4.99 Å². The van der Waals surface area contributed by atoms with Crippen LogP contribution < -0.4 is 0 Å². The van der Waals surface area contributed by atoms with Gasteiger partial charge in [0, 0.05) is 41.5 Å². The molecule has 0 saturated carbocycles. The van der Waals surface area contributed by atoms with Gasteiger partial charge in [0.2, 0.25) is 0 Å². The number of carbonyl (C=O) groups is 1. The Bertz CT molecular complexity index is 1200. The lowest BCUT2D eigenvalue weighted by molar-refractivity contribution is -0.131. The van der Waals surface area contributed by atoms with Crippen LogP contribution in [0.25, 0.3) is 17.0 Å². The molecule has 0 saturated heterocycles. The number of rotatable bonds is 6. The van der Waals surface area contributed by atoms with E-state index in [1.54, 1.807) is 6.08 Å². The van der Waals surface area contributed by atoms with Crippen LogP contribution in [0.15, 0.2) is 96.1 Å². The van der Waals surface area contributed by atoms with Crippen molar-refractivity contribution < 1.29 is 9.90 Å². The standard InChI is InChI=1S/C25H20N2O2/c28-25(29)14-13-19-9-6-10-22(15-19)26-16-21-18-27(17-20-7-2-1-3-8-20)24-12-5-4-11-23(21)24/h1-16,18H,17H2,(H,28,29). The van der Waals surface area contributed by atoms with Crippen molar-refractivity contribution in [1.29, 1.82) is 0 Å². The zero-order valence-electron chi connectivity index (χ0n) is 15.8. The summed E-state index contributed by atoms with van der Waals surface area (Å²) in [4.78, 5) is 15.3. The average Bonchev–Trinajstić information content (AvgIpc) is 3.09. The van der Waals surface area contributed by atoms with Gasteiger partial charge in [-0.05, 0) is 35.4 Å². The average molecular weight is 380 g/mol. The van der Waals surface area contributed by atoms with E-state index in [2.05, 4.69) is 52.2 Å². The van der Waals surface area contributed by atoms with Gasteiger partial charge in [0.25, 0.3) is 0 Å². The predicted octanol–water partition coefficient (Wildman–Crippen LogP) is 5.54. The van der Waals surface area contributed by atoms with E-state index >= 15 is 0 Å². The van der Waals surface area contributed by atoms with E-state index in [9.17, 15) is 4.79 Å². The van der Waals surface area contributed by atoms with Crippen LogP contribution in [0.5, 0.6) is 0 Å². The Balaban J connectivity index is 1.65. The normalized spacial score (nSPS) is 11.6. The number of aliphatic imine (C=N–C) groups is 1. The van der Waals surface area contributed by atoms with Crippen LogP contribution in [0.4, 0.5) is 5.69 Å². The smallest absolute Gasteiger partial charge is 0.328 e. The molecule has 4 aromatic rings. The number of aromatic nitrogens is 1. The van der Waals surface area contributed by atoms with Crippen LogP contribution in [-0.2, 0) is 11.3 Å². The fraction of sp³-hybridized carbons (Fsp3) is 0.0400. The molecule has 1 aromatic heterocycles. The van der Waals surface area contributed by atoms with Gasteiger partial charge in [0.15, 0.2) is 0 Å². The molecule has 4 rings (SSSR count). The first kappa shape index (κ1) is 18.4. The van der Waals surface area contributed by atoms with Crippen LogP contribution in [0.2, 0.25) is 0 Å². The molecule has 1 heterocycles. The summed E-state index contributed by atoms with van der Waals surface area (Å²) in [7, 11) is 0. The second-order valence-corrected chi connectivity index (χ2v) is 6.74. The summed E-state index contributed by atoms with van der Waals surface area (Å²) in [5, 5.41) is 9.93. The molecule has 0 atom stereocenters. The Morgan fingerprint density at radius 1 is 0.966 bits per heavy atom. The first-order valence-electron chi connectivity index (χ1n) is 9.36. The van der Waals surface area contributed by atoms with E-state index in [1.165, 1.54) is 5.56 Å². The molecule has 0 aliphatic carbocycles. The first-order chi connectivity index (χ1) is 14.2. The van der Waals surface area contributed by atoms with Crippen LogP contribution in [0.3, 0.4) is 0 Å². The Hall–Kier alpha value is -3.92. The van der Waals surface area contributed by atoms with Gasteiger partial charge in [0.1, 0.15) is 0 Å². The molecule has 0 unspecified atom stereocenters. The van der Waals surface area contributed by atoms with E-state index in [0.717, 1.165) is 40.3 Å². The molecule has 142 valence electrons. The highest BCUT2D eigenvalue weighted by Crippen LogP contribution is 2.22. The minimum Gasteiger partial charge on any atom is -0.478 e. The summed E-state index contributed by atoms with van der Waals surface area (Å²) in [5.41, 5.74) is 5.03. The van der Waals surface area contributed by atoms with Crippen molar-refractivity contribution in [3.8, 4) is 0 Å². The van der Waals surface area contributed by atoms with Crippen LogP contribution >= 0.6 is 0 Å². The van der Waals surface area contributed by atoms with Gasteiger partial charge in [-0.25, -0.2) is 4.79 Å². The molecular weight excluding hydrogens is 360 g/mol. The minimum absolute atomic E-state index is 0.775. The van der Waals surface area contributed by atoms with E-state index in [1.807, 2.05) is 48.7 Å². The molecule has 1 N–H and O–H groups in total. The van der Waals surface area contributed by atoms with Gasteiger partial charge in [-0.1, -0.05) is 60.7 Å². The third kappa shape index (κ3) is 4.50. The van der Waals surface area contributed by atoms with Crippen molar-refractivity contribution in [3.05, 3.63) is 108 Å². The Morgan fingerprint density at radius 3 is 2.59 bits per heavy atom. The second-order valence-electron chi connectivity index (χ2n) is 6.74. The van der Waals surface area contributed by atoms with Crippen molar-refractivity contribution in [2.75, 3.05) is 0 Å². The number of carboxylic acids is 1. The van der Waals surface area contributed by atoms with E-state index < -0.39 is 5.97 Å². The number of hydrogen-bond acceptors (Lipinski definition) is 2. The van der Waals surface area contributed by atoms with Crippen LogP contribution in [0, 0.1) is 0 Å². The lowest BCUT2D eigenvalue weighted by atomic mass is 10.2. The molecule has 0 radical (unpaired) electrons. The van der Waals surface area contributed by atoms with Gasteiger partial charge in [-0.15, -0.1) is 0 Å². The Labute approximate surface area is 169 Å². The number of benzene rings is 3. The largest absolute Gasteiger partial charge is 0.478 e. The van der Waals surface area contributed by atoms with E-state index in [-0.39, 0.29) is 0 Å². The summed E-state index contributed by atoms with van der Waals surface area (Å²) >= 11 is 0. The maximum absolute atomic E-state index is 10.7. The SMILES string of the molecule is O=C(O)C=Cc1cccc(N=Cc2cn(Cc3ccccc3)c3ccccc23)c1. The summed E-state index contributed by atoms with van der Waals surface area (Å²) in [6.45, 7) is 0.796. The maximum Gasteiger partial charge on any atom is 0.328 e. The number of carboxylic acid groups (broad SMARTS) is 1. The van der Waals surface area contributed by atoms with Crippen molar-refractivity contribution in [3.63, 3.8) is 0 Å². The maximum atomic E-state index is 10.7. The molecule has 4 nitrogen and oxygen atoms in total. The molecular formula is C25H20N2O2. The molecule has 0 fully saturated rings. The fourth-order valence-corrected chi connectivity index (χ4v) is 3.31. The monoisotopic (exact) mass is 380 g/mol. The molecule has 0 amide bonds. The van der Waals surface area contributed by atoms with Crippen molar-refractivity contribution >= 4 is 34.9 Å². The number of fused-ring (bicyclic) bond motifs is 1. The topological polar surface area (TPSA) is 54.6 Å². The molecule has 0 aliphatic heterocycles. The van der Waals surface area contributed by atoms with Gasteiger partial charge in [0.05, 0.1) is 5.69 Å². The van der Waals surface area contributed by atoms with Gasteiger partial charge in [-0.3, -0.25) is 4.99 Å². The molecule has 4 heteroatoms. The minimum atomic E-state index is -0.967. The van der Waals surface area contributed by atoms with E-state index in [4.69, 9.17) is 5.11 Å². The fourth-order valence-electron chi connectivity index (χ4n) is 3.31. The number of nitrogens with zero attached hydrogens (tertiary/aromatic N) is 2. The summed E-state index contributed by atoms with van der Waals surface area (Å²) in [5.74, 6) is -0.967. The summed E-state index contributed by atoms with van der Waals surface area (Å²) in [6, 6.07) is 26.1. The Kier molecular flexibility index (Phi) is 5.34. The Morgan fingerprint density at radius 2 is 1.76 bits per heavy atom. The number of aliphatic carboxylic acids is 1. The third-order valence-electron chi connectivity index (χ3n) is 4.66. The molecule has 29 heavy (non-hydrogen) atoms. The zero-order chi connectivity index (χ0) is 20.1. The lowest BCUT2D eigenvalue weighted by Gasteiger charge is -2.05. The van der Waals surface area contributed by atoms with Crippen LogP contribution in [-0.4, -0.2) is 21.9 Å². The predicted molar refractivity (Wildman–Crippen MR) is 118 cm³/mol. The first-order valence-corrected chi connectivity index (χ1v) is 9.36. The zero-order valence-corrected chi connectivity index (χ0v) is 15.8. The van der Waals surface area contributed by atoms with Gasteiger partial charge in [-0.2, -0.15) is 0 Å². The van der Waals surface area contributed by atoms with Crippen molar-refractivity contribution in [2.45, 2.75) is 6.54 Å². The number of para-hydroxylation sites is 1. The lowest BCUT2D eigenvalue weighted by Crippen LogP contribution is -1.97. The molecule has 0 spiro atoms. The van der Waals surface area contributed by atoms with Gasteiger partial charge < -0.3 is 9.67 Å². The van der Waals surface area contributed by atoms with Crippen molar-refractivity contribution in [1.82, 2.24) is 4.57 Å². The van der Waals surface area contributed by atoms with Crippen LogP contribution in [0.1, 0.15) is 16.7 Å². The highest BCUT2D eigenvalue weighted by atomic mass is 16.4. The summed E-state index contributed by atoms with van der Waals surface area (Å²) < 4.78 is 2.23. The third-order valence-corrected chi connectivity index (χ3v) is 4.66. The number of hydrogen-bond donors (Lipinski definition) is 1. The quantitative estimate of drug-likeness (QED) is 0.353. The van der Waals surface area contributed by atoms with Gasteiger partial charge >= 0.3 is 5.97 Å². The summed E-state index contributed by atoms with van der Waals surface area (Å²) in [6.07, 6.45) is 6.67.